The van der Waals surface area contributed by atoms with Gasteiger partial charge in [-0.1, -0.05) is 34.8 Å². The van der Waals surface area contributed by atoms with E-state index in [2.05, 4.69) is 5.10 Å². The van der Waals surface area contributed by atoms with Crippen LogP contribution in [0, 0.1) is 0 Å². The first kappa shape index (κ1) is 18.2. The molecule has 2 rings (SSSR count). The van der Waals surface area contributed by atoms with Crippen LogP contribution in [-0.2, 0) is 16.0 Å². The summed E-state index contributed by atoms with van der Waals surface area (Å²) in [6.07, 6.45) is -3.80. The number of rotatable bonds is 2. The third-order valence-corrected chi connectivity index (χ3v) is 4.86. The van der Waals surface area contributed by atoms with E-state index < -0.39 is 47.5 Å². The SMILES string of the molecule is CS(=O)(=O)c1c(Cl)nn(-c2c(Cl)cc(C(F)(F)F)cc2Cl)c1N. The molecule has 0 spiro atoms. The molecule has 0 atom stereocenters. The van der Waals surface area contributed by atoms with Gasteiger partial charge in [-0.3, -0.25) is 0 Å². The highest BCUT2D eigenvalue weighted by Gasteiger charge is 2.33. The minimum atomic E-state index is -4.66. The molecular weight excluding hydrogens is 402 g/mol. The summed E-state index contributed by atoms with van der Waals surface area (Å²) in [5, 5.41) is 2.40. The van der Waals surface area contributed by atoms with Gasteiger partial charge < -0.3 is 5.73 Å². The smallest absolute Gasteiger partial charge is 0.382 e. The van der Waals surface area contributed by atoms with Gasteiger partial charge in [0.25, 0.3) is 0 Å². The van der Waals surface area contributed by atoms with E-state index >= 15 is 0 Å². The first-order chi connectivity index (χ1) is 10.3. The molecule has 0 saturated carbocycles. The Morgan fingerprint density at radius 3 is 2.00 bits per heavy atom. The van der Waals surface area contributed by atoms with E-state index in [4.69, 9.17) is 40.5 Å². The van der Waals surface area contributed by atoms with E-state index in [9.17, 15) is 21.6 Å². The number of sulfone groups is 1. The third kappa shape index (κ3) is 3.37. The molecule has 0 amide bonds. The quantitative estimate of drug-likeness (QED) is 0.819. The molecule has 1 aromatic heterocycles. The van der Waals surface area contributed by atoms with Crippen molar-refractivity contribution in [2.75, 3.05) is 12.0 Å². The Morgan fingerprint density at radius 1 is 1.17 bits per heavy atom. The highest BCUT2D eigenvalue weighted by Crippen LogP contribution is 2.39. The fraction of sp³-hybridized carbons (Fsp3) is 0.182. The molecule has 0 bridgehead atoms. The second-order valence-electron chi connectivity index (χ2n) is 4.48. The maximum Gasteiger partial charge on any atom is 0.416 e. The number of aromatic nitrogens is 2. The summed E-state index contributed by atoms with van der Waals surface area (Å²) in [6.45, 7) is 0. The van der Waals surface area contributed by atoms with E-state index in [-0.39, 0.29) is 5.69 Å². The standard InChI is InChI=1S/C11H7Cl3F3N3O2S/c1-23(21,22)8-9(14)19-20(10(8)18)7-5(12)2-4(3-6(7)13)11(15,16)17/h2-3H,18H2,1H3. The topological polar surface area (TPSA) is 78.0 Å². The van der Waals surface area contributed by atoms with Crippen LogP contribution >= 0.6 is 34.8 Å². The summed E-state index contributed by atoms with van der Waals surface area (Å²) in [5.74, 6) is -0.416. The van der Waals surface area contributed by atoms with E-state index in [0.717, 1.165) is 10.9 Å². The van der Waals surface area contributed by atoms with Crippen LogP contribution in [0.3, 0.4) is 0 Å². The van der Waals surface area contributed by atoms with Crippen molar-refractivity contribution in [3.8, 4) is 5.69 Å². The summed E-state index contributed by atoms with van der Waals surface area (Å²) in [6, 6.07) is 1.25. The summed E-state index contributed by atoms with van der Waals surface area (Å²) in [5.41, 5.74) is 4.40. The van der Waals surface area contributed by atoms with Crippen molar-refractivity contribution in [2.45, 2.75) is 11.1 Å². The van der Waals surface area contributed by atoms with E-state index in [1.54, 1.807) is 0 Å². The van der Waals surface area contributed by atoms with Gasteiger partial charge in [0.05, 0.1) is 15.6 Å². The molecule has 0 unspecified atom stereocenters. The zero-order valence-electron chi connectivity index (χ0n) is 11.1. The number of benzene rings is 1. The van der Waals surface area contributed by atoms with Crippen LogP contribution in [0.5, 0.6) is 0 Å². The van der Waals surface area contributed by atoms with Gasteiger partial charge >= 0.3 is 6.18 Å². The lowest BCUT2D eigenvalue weighted by Crippen LogP contribution is -2.09. The summed E-state index contributed by atoms with van der Waals surface area (Å²) < 4.78 is 62.2. The molecule has 0 aliphatic heterocycles. The second-order valence-corrected chi connectivity index (χ2v) is 7.60. The summed E-state index contributed by atoms with van der Waals surface area (Å²) in [7, 11) is -3.81. The van der Waals surface area contributed by atoms with Crippen molar-refractivity contribution in [1.82, 2.24) is 9.78 Å². The lowest BCUT2D eigenvalue weighted by atomic mass is 10.2. The highest BCUT2D eigenvalue weighted by atomic mass is 35.5. The number of nitrogen functional groups attached to an aromatic ring is 1. The van der Waals surface area contributed by atoms with Gasteiger partial charge in [0, 0.05) is 6.26 Å². The molecule has 2 N–H and O–H groups in total. The lowest BCUT2D eigenvalue weighted by molar-refractivity contribution is -0.137. The minimum Gasteiger partial charge on any atom is -0.382 e. The van der Waals surface area contributed by atoms with Gasteiger partial charge in [0.1, 0.15) is 16.4 Å². The van der Waals surface area contributed by atoms with E-state index in [1.165, 1.54) is 0 Å². The third-order valence-electron chi connectivity index (χ3n) is 2.76. The normalized spacial score (nSPS) is 12.7. The van der Waals surface area contributed by atoms with Gasteiger partial charge in [-0.05, 0) is 12.1 Å². The number of hydrogen-bond donors (Lipinski definition) is 1. The Morgan fingerprint density at radius 2 is 1.65 bits per heavy atom. The molecule has 2 aromatic rings. The van der Waals surface area contributed by atoms with Crippen LogP contribution in [0.4, 0.5) is 19.0 Å². The number of nitrogens with two attached hydrogens (primary N) is 1. The first-order valence-electron chi connectivity index (χ1n) is 5.64. The van der Waals surface area contributed by atoms with Crippen molar-refractivity contribution in [1.29, 1.82) is 0 Å². The van der Waals surface area contributed by atoms with Gasteiger partial charge in [-0.2, -0.15) is 18.3 Å². The van der Waals surface area contributed by atoms with Crippen molar-refractivity contribution < 1.29 is 21.6 Å². The van der Waals surface area contributed by atoms with Crippen LogP contribution in [0.15, 0.2) is 17.0 Å². The monoisotopic (exact) mass is 407 g/mol. The molecule has 126 valence electrons. The Hall–Kier alpha value is -1.16. The van der Waals surface area contributed by atoms with Crippen LogP contribution in [0.25, 0.3) is 5.69 Å². The molecule has 0 fully saturated rings. The van der Waals surface area contributed by atoms with E-state index in [0.29, 0.717) is 12.1 Å². The number of hydrogen-bond acceptors (Lipinski definition) is 4. The van der Waals surface area contributed by atoms with Gasteiger partial charge in [0.15, 0.2) is 15.0 Å². The van der Waals surface area contributed by atoms with Crippen LogP contribution < -0.4 is 5.73 Å². The maximum atomic E-state index is 12.7. The fourth-order valence-electron chi connectivity index (χ4n) is 1.83. The zero-order valence-corrected chi connectivity index (χ0v) is 14.2. The van der Waals surface area contributed by atoms with E-state index in [1.807, 2.05) is 0 Å². The summed E-state index contributed by atoms with van der Waals surface area (Å²) in [4.78, 5) is -0.466. The summed E-state index contributed by atoms with van der Waals surface area (Å²) >= 11 is 17.4. The van der Waals surface area contributed by atoms with Crippen molar-refractivity contribution in [3.05, 3.63) is 32.9 Å². The van der Waals surface area contributed by atoms with Crippen LogP contribution in [0.1, 0.15) is 5.56 Å². The average molecular weight is 409 g/mol. The van der Waals surface area contributed by atoms with Crippen molar-refractivity contribution >= 4 is 50.5 Å². The minimum absolute atomic E-state index is 0.212. The Bertz CT molecular complexity index is 871. The molecule has 23 heavy (non-hydrogen) atoms. The fourth-order valence-corrected chi connectivity index (χ4v) is 3.89. The van der Waals surface area contributed by atoms with Crippen molar-refractivity contribution in [2.24, 2.45) is 0 Å². The second kappa shape index (κ2) is 5.73. The van der Waals surface area contributed by atoms with Crippen LogP contribution in [-0.4, -0.2) is 24.5 Å². The number of alkyl halides is 3. The molecule has 1 aromatic carbocycles. The molecular formula is C11H7Cl3F3N3O2S. The predicted octanol–water partition coefficient (Wildman–Crippen LogP) is 3.84. The zero-order chi connectivity index (χ0) is 17.7. The largest absolute Gasteiger partial charge is 0.416 e. The predicted molar refractivity (Wildman–Crippen MR) is 81.1 cm³/mol. The first-order valence-corrected chi connectivity index (χ1v) is 8.67. The molecule has 0 radical (unpaired) electrons. The Labute approximate surface area is 143 Å². The van der Waals surface area contributed by atoms with Gasteiger partial charge in [-0.25, -0.2) is 13.1 Å². The van der Waals surface area contributed by atoms with Gasteiger partial charge in [0.2, 0.25) is 0 Å². The van der Waals surface area contributed by atoms with Crippen molar-refractivity contribution in [3.63, 3.8) is 0 Å². The van der Waals surface area contributed by atoms with Gasteiger partial charge in [-0.15, -0.1) is 0 Å². The highest BCUT2D eigenvalue weighted by molar-refractivity contribution is 7.91. The average Bonchev–Trinajstić information content (AvgIpc) is 2.62. The Kier molecular flexibility index (Phi) is 4.53. The number of halogens is 6. The molecule has 5 nitrogen and oxygen atoms in total. The maximum absolute atomic E-state index is 12.7. The number of anilines is 1. The number of nitrogens with zero attached hydrogens (tertiary/aromatic N) is 2. The molecule has 0 saturated heterocycles. The van der Waals surface area contributed by atoms with Crippen LogP contribution in [0.2, 0.25) is 15.2 Å². The molecule has 0 aliphatic carbocycles. The molecule has 1 heterocycles. The Balaban J connectivity index is 2.75. The molecule has 12 heteroatoms. The lowest BCUT2D eigenvalue weighted by Gasteiger charge is -2.13. The molecule has 0 aliphatic rings.